The first-order valence-corrected chi connectivity index (χ1v) is 10.5. The van der Waals surface area contributed by atoms with Crippen molar-refractivity contribution in [1.82, 2.24) is 9.88 Å². The number of nitrogens with zero attached hydrogens (tertiary/aromatic N) is 1. The number of rotatable bonds is 4. The summed E-state index contributed by atoms with van der Waals surface area (Å²) < 4.78 is 24.3. The molecule has 0 saturated carbocycles. The number of aromatic nitrogens is 1. The Morgan fingerprint density at radius 1 is 0.969 bits per heavy atom. The van der Waals surface area contributed by atoms with Gasteiger partial charge in [0.1, 0.15) is 17.3 Å². The number of hydrogen-bond acceptors (Lipinski definition) is 3. The molecule has 0 radical (unpaired) electrons. The fourth-order valence-corrected chi connectivity index (χ4v) is 4.50. The van der Waals surface area contributed by atoms with Crippen LogP contribution in [0.25, 0.3) is 10.9 Å². The van der Waals surface area contributed by atoms with E-state index < -0.39 is 0 Å². The van der Waals surface area contributed by atoms with Crippen LogP contribution in [0.1, 0.15) is 33.2 Å². The topological polar surface area (TPSA) is 54.6 Å². The summed E-state index contributed by atoms with van der Waals surface area (Å²) >= 11 is 0. The number of fused-ring (bicyclic) bond motifs is 3. The number of benzene rings is 3. The Labute approximate surface area is 185 Å². The fraction of sp³-hybridized carbons (Fsp3) is 0.192. The Morgan fingerprint density at radius 3 is 2.34 bits per heavy atom. The number of ether oxygens (including phenoxy) is 2. The van der Waals surface area contributed by atoms with Gasteiger partial charge < -0.3 is 19.4 Å². The van der Waals surface area contributed by atoms with Gasteiger partial charge in [-0.3, -0.25) is 4.79 Å². The summed E-state index contributed by atoms with van der Waals surface area (Å²) in [6.07, 6.45) is 0.710. The predicted molar refractivity (Wildman–Crippen MR) is 121 cm³/mol. The molecule has 1 atom stereocenters. The Morgan fingerprint density at radius 2 is 1.66 bits per heavy atom. The van der Waals surface area contributed by atoms with Gasteiger partial charge in [0.05, 0.1) is 20.3 Å². The molecule has 0 saturated heterocycles. The van der Waals surface area contributed by atoms with Gasteiger partial charge in [0, 0.05) is 28.7 Å². The Bertz CT molecular complexity index is 1280. The van der Waals surface area contributed by atoms with Crippen molar-refractivity contribution in [3.63, 3.8) is 0 Å². The maximum Gasteiger partial charge on any atom is 0.254 e. The summed E-state index contributed by atoms with van der Waals surface area (Å²) in [5.74, 6) is 1.10. The van der Waals surface area contributed by atoms with Gasteiger partial charge in [0.2, 0.25) is 0 Å². The molecule has 0 spiro atoms. The molecule has 0 unspecified atom stereocenters. The van der Waals surface area contributed by atoms with Gasteiger partial charge in [-0.1, -0.05) is 12.1 Å². The van der Waals surface area contributed by atoms with Crippen LogP contribution in [0.15, 0.2) is 66.7 Å². The predicted octanol–water partition coefficient (Wildman–Crippen LogP) is 5.11. The van der Waals surface area contributed by atoms with Crippen LogP contribution in [-0.4, -0.2) is 36.6 Å². The number of H-pyrrole nitrogens is 1. The zero-order valence-corrected chi connectivity index (χ0v) is 17.9. The summed E-state index contributed by atoms with van der Waals surface area (Å²) in [6.45, 7) is 0.546. The van der Waals surface area contributed by atoms with Crippen molar-refractivity contribution in [2.45, 2.75) is 12.5 Å². The lowest BCUT2D eigenvalue weighted by molar-refractivity contribution is 0.0692. The molecule has 1 N–H and O–H groups in total. The van der Waals surface area contributed by atoms with Crippen LogP contribution < -0.4 is 9.47 Å². The standard InChI is InChI=1S/C26H23FN2O3/c1-31-19-9-5-17(6-10-19)26(30)29-14-13-21-22-15-20(32-2)11-12-23(22)28-24(21)25(29)16-3-7-18(27)8-4-16/h3-12,15,25,28H,13-14H2,1-2H3/t25-/m0/s1. The molecule has 0 bridgehead atoms. The second kappa shape index (κ2) is 8.04. The van der Waals surface area contributed by atoms with Gasteiger partial charge in [0.15, 0.2) is 0 Å². The lowest BCUT2D eigenvalue weighted by Gasteiger charge is -2.36. The monoisotopic (exact) mass is 430 g/mol. The first-order chi connectivity index (χ1) is 15.6. The van der Waals surface area contributed by atoms with Crippen LogP contribution in [-0.2, 0) is 6.42 Å². The van der Waals surface area contributed by atoms with Crippen molar-refractivity contribution in [2.75, 3.05) is 20.8 Å². The van der Waals surface area contributed by atoms with E-state index >= 15 is 0 Å². The van der Waals surface area contributed by atoms with Crippen molar-refractivity contribution in [2.24, 2.45) is 0 Å². The largest absolute Gasteiger partial charge is 0.497 e. The first kappa shape index (κ1) is 20.1. The molecular formula is C26H23FN2O3. The molecule has 2 heterocycles. The van der Waals surface area contributed by atoms with Gasteiger partial charge in [-0.15, -0.1) is 0 Å². The molecule has 162 valence electrons. The second-order valence-corrected chi connectivity index (χ2v) is 7.86. The van der Waals surface area contributed by atoms with Crippen molar-refractivity contribution < 1.29 is 18.7 Å². The van der Waals surface area contributed by atoms with E-state index in [0.29, 0.717) is 24.3 Å². The van der Waals surface area contributed by atoms with Gasteiger partial charge in [0.25, 0.3) is 5.91 Å². The zero-order valence-electron chi connectivity index (χ0n) is 17.9. The molecule has 6 heteroatoms. The zero-order chi connectivity index (χ0) is 22.2. The number of carbonyl (C=O) groups excluding carboxylic acids is 1. The minimum Gasteiger partial charge on any atom is -0.497 e. The van der Waals surface area contributed by atoms with E-state index in [9.17, 15) is 9.18 Å². The maximum atomic E-state index is 13.7. The Hall–Kier alpha value is -3.80. The molecule has 1 aliphatic heterocycles. The minimum absolute atomic E-state index is 0.0798. The van der Waals surface area contributed by atoms with Crippen molar-refractivity contribution in [3.05, 3.63) is 94.9 Å². The molecule has 32 heavy (non-hydrogen) atoms. The second-order valence-electron chi connectivity index (χ2n) is 7.86. The summed E-state index contributed by atoms with van der Waals surface area (Å²) in [6, 6.07) is 19.0. The molecule has 1 aliphatic rings. The van der Waals surface area contributed by atoms with Crippen LogP contribution in [0.2, 0.25) is 0 Å². The lowest BCUT2D eigenvalue weighted by atomic mass is 9.91. The molecule has 0 aliphatic carbocycles. The molecular weight excluding hydrogens is 407 g/mol. The summed E-state index contributed by atoms with van der Waals surface area (Å²) in [5.41, 5.74) is 4.54. The molecule has 1 amide bonds. The minimum atomic E-state index is -0.354. The van der Waals surface area contributed by atoms with E-state index in [1.807, 2.05) is 23.1 Å². The van der Waals surface area contributed by atoms with Gasteiger partial charge in [-0.2, -0.15) is 0 Å². The van der Waals surface area contributed by atoms with Crippen molar-refractivity contribution in [3.8, 4) is 11.5 Å². The molecule has 4 aromatic rings. The summed E-state index contributed by atoms with van der Waals surface area (Å²) in [4.78, 5) is 18.9. The molecule has 5 rings (SSSR count). The smallest absolute Gasteiger partial charge is 0.254 e. The molecule has 5 nitrogen and oxygen atoms in total. The van der Waals surface area contributed by atoms with E-state index in [4.69, 9.17) is 9.47 Å². The van der Waals surface area contributed by atoms with E-state index in [-0.39, 0.29) is 17.8 Å². The van der Waals surface area contributed by atoms with Crippen molar-refractivity contribution >= 4 is 16.8 Å². The number of hydrogen-bond donors (Lipinski definition) is 1. The van der Waals surface area contributed by atoms with E-state index in [0.717, 1.165) is 33.5 Å². The van der Waals surface area contributed by atoms with Crippen LogP contribution >= 0.6 is 0 Å². The number of nitrogens with one attached hydrogen (secondary N) is 1. The number of carbonyl (C=O) groups is 1. The van der Waals surface area contributed by atoms with E-state index in [1.54, 1.807) is 50.6 Å². The van der Waals surface area contributed by atoms with Crippen LogP contribution in [0.5, 0.6) is 11.5 Å². The third-order valence-electron chi connectivity index (χ3n) is 6.12. The highest BCUT2D eigenvalue weighted by Gasteiger charge is 2.35. The maximum absolute atomic E-state index is 13.7. The molecule has 3 aromatic carbocycles. The van der Waals surface area contributed by atoms with Gasteiger partial charge in [-0.05, 0) is 72.1 Å². The third-order valence-corrected chi connectivity index (χ3v) is 6.12. The SMILES string of the molecule is COc1ccc(C(=O)N2CCc3c([nH]c4ccc(OC)cc34)[C@@H]2c2ccc(F)cc2)cc1. The Balaban J connectivity index is 1.63. The number of aromatic amines is 1. The van der Waals surface area contributed by atoms with E-state index in [2.05, 4.69) is 4.98 Å². The number of methoxy groups -OCH3 is 2. The van der Waals surface area contributed by atoms with Crippen LogP contribution in [0.4, 0.5) is 4.39 Å². The summed E-state index contributed by atoms with van der Waals surface area (Å²) in [5, 5.41) is 1.09. The third kappa shape index (κ3) is 3.38. The van der Waals surface area contributed by atoms with Crippen LogP contribution in [0.3, 0.4) is 0 Å². The average Bonchev–Trinajstić information content (AvgIpc) is 3.21. The van der Waals surface area contributed by atoms with Gasteiger partial charge in [-0.25, -0.2) is 4.39 Å². The summed E-state index contributed by atoms with van der Waals surface area (Å²) in [7, 11) is 3.25. The fourth-order valence-electron chi connectivity index (χ4n) is 4.50. The quantitative estimate of drug-likeness (QED) is 0.489. The number of halogens is 1. The number of amides is 1. The van der Waals surface area contributed by atoms with Gasteiger partial charge >= 0.3 is 0 Å². The average molecular weight is 430 g/mol. The van der Waals surface area contributed by atoms with Crippen molar-refractivity contribution in [1.29, 1.82) is 0 Å². The highest BCUT2D eigenvalue weighted by molar-refractivity contribution is 5.96. The Kier molecular flexibility index (Phi) is 5.05. The molecule has 1 aromatic heterocycles. The normalized spacial score (nSPS) is 15.5. The highest BCUT2D eigenvalue weighted by atomic mass is 19.1. The highest BCUT2D eigenvalue weighted by Crippen LogP contribution is 2.40. The lowest BCUT2D eigenvalue weighted by Crippen LogP contribution is -2.40. The molecule has 0 fully saturated rings. The van der Waals surface area contributed by atoms with Crippen LogP contribution in [0, 0.1) is 5.82 Å². The first-order valence-electron chi connectivity index (χ1n) is 10.5. The van der Waals surface area contributed by atoms with E-state index in [1.165, 1.54) is 12.1 Å².